The molecule has 9 nitrogen and oxygen atoms in total. The highest BCUT2D eigenvalue weighted by atomic mass is 16.5. The Labute approximate surface area is 273 Å². The zero-order valence-electron chi connectivity index (χ0n) is 27.5. The summed E-state index contributed by atoms with van der Waals surface area (Å²) in [6.45, 7) is 5.20. The summed E-state index contributed by atoms with van der Waals surface area (Å²) in [5.41, 5.74) is 18.4. The van der Waals surface area contributed by atoms with E-state index in [2.05, 4.69) is 18.8 Å². The molecule has 0 saturated carbocycles. The second-order valence-corrected chi connectivity index (χ2v) is 12.7. The monoisotopic (exact) mass is 633 g/mol. The van der Waals surface area contributed by atoms with Gasteiger partial charge in [-0.1, -0.05) is 76.6 Å². The molecule has 0 amide bonds. The second kappa shape index (κ2) is 17.5. The summed E-state index contributed by atoms with van der Waals surface area (Å²) < 4.78 is 6.08. The summed E-state index contributed by atoms with van der Waals surface area (Å²) >= 11 is 0. The quantitative estimate of drug-likeness (QED) is 0.0946. The zero-order chi connectivity index (χ0) is 33.1. The number of Topliss-reactive ketones (excluding diaryl/α,β-unsaturated/α-hetero) is 1. The van der Waals surface area contributed by atoms with Crippen molar-refractivity contribution in [2.75, 3.05) is 13.3 Å². The number of aromatic hydroxyl groups is 1. The van der Waals surface area contributed by atoms with Crippen LogP contribution in [0, 0.1) is 5.92 Å². The van der Waals surface area contributed by atoms with Gasteiger partial charge in [-0.25, -0.2) is 0 Å². The van der Waals surface area contributed by atoms with Gasteiger partial charge in [0.15, 0.2) is 11.5 Å². The molecule has 0 saturated heterocycles. The van der Waals surface area contributed by atoms with Crippen molar-refractivity contribution >= 4 is 12.0 Å². The number of carbonyl (C=O) groups is 1. The minimum atomic E-state index is -0.587. The van der Waals surface area contributed by atoms with Crippen molar-refractivity contribution in [1.82, 2.24) is 0 Å². The summed E-state index contributed by atoms with van der Waals surface area (Å²) in [7, 11) is 0. The van der Waals surface area contributed by atoms with Crippen LogP contribution in [0.1, 0.15) is 100 Å². The highest BCUT2D eigenvalue weighted by Gasteiger charge is 2.30. The highest BCUT2D eigenvalue weighted by Crippen LogP contribution is 2.30. The van der Waals surface area contributed by atoms with Crippen LogP contribution in [-0.4, -0.2) is 46.7 Å². The largest absolute Gasteiger partial charge is 0.504 e. The van der Waals surface area contributed by atoms with Gasteiger partial charge >= 0.3 is 0 Å². The number of hydrogen-bond acceptors (Lipinski definition) is 8. The molecular formula is C37H53N4O5+. The molecule has 2 aliphatic heterocycles. The molecule has 2 heterocycles. The summed E-state index contributed by atoms with van der Waals surface area (Å²) in [5.74, 6) is 0.232. The Hall–Kier alpha value is -3.34. The van der Waals surface area contributed by atoms with Crippen molar-refractivity contribution in [1.29, 1.82) is 0 Å². The minimum absolute atomic E-state index is 0.0535. The van der Waals surface area contributed by atoms with E-state index in [9.17, 15) is 20.1 Å². The summed E-state index contributed by atoms with van der Waals surface area (Å²) in [4.78, 5) is 18.9. The minimum Gasteiger partial charge on any atom is -0.504 e. The lowest BCUT2D eigenvalue weighted by atomic mass is 9.86. The first-order valence-electron chi connectivity index (χ1n) is 17.0. The van der Waals surface area contributed by atoms with Gasteiger partial charge in [-0.15, -0.1) is 0 Å². The molecule has 0 aliphatic carbocycles. The average molecular weight is 634 g/mol. The van der Waals surface area contributed by atoms with Crippen LogP contribution < -0.4 is 21.1 Å². The first kappa shape index (κ1) is 35.5. The van der Waals surface area contributed by atoms with E-state index in [0.717, 1.165) is 88.9 Å². The SMILES string of the molecule is CCCCCC(O)C(CCCCC)C(=O)CCc1ccc(O)c(OC[NH+]2C=C3N=CC(Cc4cc(C(N)N)ccc4CO)=C3C2)c1. The summed E-state index contributed by atoms with van der Waals surface area (Å²) in [5, 5.41) is 31.2. The number of ether oxygens (including phenoxy) is 1. The number of quaternary nitrogens is 1. The number of hydrogen-bond donors (Lipinski definition) is 6. The van der Waals surface area contributed by atoms with Crippen LogP contribution in [0.4, 0.5) is 0 Å². The Kier molecular flexibility index (Phi) is 13.5. The number of aliphatic hydroxyl groups is 2. The van der Waals surface area contributed by atoms with Gasteiger partial charge in [-0.05, 0) is 65.6 Å². The number of rotatable bonds is 20. The Balaban J connectivity index is 1.35. The van der Waals surface area contributed by atoms with Crippen molar-refractivity contribution in [3.63, 3.8) is 0 Å². The smallest absolute Gasteiger partial charge is 0.227 e. The topological polar surface area (TPSA) is 156 Å². The van der Waals surface area contributed by atoms with E-state index in [1.54, 1.807) is 6.07 Å². The molecule has 9 heteroatoms. The number of aliphatic imine (C=N–C) groups is 1. The molecule has 0 bridgehead atoms. The fraction of sp³-hybridized carbons (Fsp3) is 0.514. The fourth-order valence-corrected chi connectivity index (χ4v) is 6.33. The molecule has 46 heavy (non-hydrogen) atoms. The number of fused-ring (bicyclic) bond motifs is 1. The maximum atomic E-state index is 13.3. The number of nitrogens with two attached hydrogens (primary N) is 2. The Morgan fingerprint density at radius 3 is 2.50 bits per heavy atom. The standard InChI is InChI=1S/C37H52N4O5/c1-3-5-7-9-30(33(43)10-8-6-4-2)34(44)15-11-25-12-16-35(45)36(17-25)46-24-41-21-31-29(20-40-32(31)22-41)19-28-18-26(37(38)39)13-14-27(28)23-42/h12-14,16-18,20,22,30,33,37,42-43,45H,3-11,15,19,21,23-24,38-39H2,1-2H3/p+1. The van der Waals surface area contributed by atoms with Gasteiger partial charge < -0.3 is 31.5 Å². The number of aliphatic hydroxyl groups excluding tert-OH is 2. The van der Waals surface area contributed by atoms with Crippen LogP contribution in [0.5, 0.6) is 11.5 Å². The predicted molar refractivity (Wildman–Crippen MR) is 181 cm³/mol. The van der Waals surface area contributed by atoms with Crippen molar-refractivity contribution in [2.45, 2.75) is 103 Å². The number of carbonyl (C=O) groups excluding carboxylic acids is 1. The number of phenolic OH excluding ortho intramolecular Hbond substituents is 1. The van der Waals surface area contributed by atoms with Crippen LogP contribution in [0.2, 0.25) is 0 Å². The normalized spacial score (nSPS) is 17.0. The van der Waals surface area contributed by atoms with Crippen LogP contribution in [-0.2, 0) is 24.2 Å². The molecule has 0 aromatic heterocycles. The third kappa shape index (κ3) is 9.59. The van der Waals surface area contributed by atoms with E-state index in [1.807, 2.05) is 42.7 Å². The number of unbranched alkanes of at least 4 members (excludes halogenated alkanes) is 4. The Morgan fingerprint density at radius 2 is 1.78 bits per heavy atom. The van der Waals surface area contributed by atoms with E-state index >= 15 is 0 Å². The first-order valence-corrected chi connectivity index (χ1v) is 17.0. The van der Waals surface area contributed by atoms with Gasteiger partial charge in [0.1, 0.15) is 24.2 Å². The van der Waals surface area contributed by atoms with E-state index in [0.29, 0.717) is 44.7 Å². The number of ketones is 1. The summed E-state index contributed by atoms with van der Waals surface area (Å²) in [6, 6.07) is 10.9. The predicted octanol–water partition coefficient (Wildman–Crippen LogP) is 4.14. The molecule has 2 aromatic carbocycles. The van der Waals surface area contributed by atoms with Gasteiger partial charge in [0, 0.05) is 24.1 Å². The van der Waals surface area contributed by atoms with Gasteiger partial charge in [0.05, 0.1) is 18.9 Å². The maximum Gasteiger partial charge on any atom is 0.227 e. The number of allylic oxidation sites excluding steroid dienone is 1. The average Bonchev–Trinajstić information content (AvgIpc) is 3.63. The molecule has 250 valence electrons. The molecule has 4 rings (SSSR count). The molecular weight excluding hydrogens is 580 g/mol. The van der Waals surface area contributed by atoms with Gasteiger partial charge in [-0.3, -0.25) is 14.7 Å². The second-order valence-electron chi connectivity index (χ2n) is 12.7. The van der Waals surface area contributed by atoms with Crippen molar-refractivity contribution in [2.24, 2.45) is 22.4 Å². The van der Waals surface area contributed by atoms with Crippen LogP contribution in [0.3, 0.4) is 0 Å². The Morgan fingerprint density at radius 1 is 1.02 bits per heavy atom. The Bertz CT molecular complexity index is 1420. The number of nitrogens with one attached hydrogen (secondary N) is 1. The lowest BCUT2D eigenvalue weighted by Gasteiger charge is -2.22. The number of benzene rings is 2. The van der Waals surface area contributed by atoms with E-state index in [-0.39, 0.29) is 24.1 Å². The lowest BCUT2D eigenvalue weighted by Crippen LogP contribution is -3.07. The molecule has 0 fully saturated rings. The van der Waals surface area contributed by atoms with E-state index in [4.69, 9.17) is 16.2 Å². The molecule has 0 radical (unpaired) electrons. The molecule has 3 atom stereocenters. The first-order chi connectivity index (χ1) is 22.2. The number of aryl methyl sites for hydroxylation is 1. The van der Waals surface area contributed by atoms with Gasteiger partial charge in [0.2, 0.25) is 6.73 Å². The molecule has 2 aromatic rings. The van der Waals surface area contributed by atoms with Gasteiger partial charge in [0.25, 0.3) is 0 Å². The molecule has 2 aliphatic rings. The maximum absolute atomic E-state index is 13.3. The zero-order valence-corrected chi connectivity index (χ0v) is 27.5. The molecule has 8 N–H and O–H groups in total. The van der Waals surface area contributed by atoms with Crippen molar-refractivity contribution < 1.29 is 29.8 Å². The number of nitrogens with zero attached hydrogens (tertiary/aromatic N) is 1. The van der Waals surface area contributed by atoms with Gasteiger partial charge in [-0.2, -0.15) is 0 Å². The molecule has 3 unspecified atom stereocenters. The third-order valence-electron chi connectivity index (χ3n) is 9.16. The van der Waals surface area contributed by atoms with Crippen molar-refractivity contribution in [3.8, 4) is 11.5 Å². The van der Waals surface area contributed by atoms with Crippen molar-refractivity contribution in [3.05, 3.63) is 81.7 Å². The molecule has 0 spiro atoms. The van der Waals surface area contributed by atoms with E-state index < -0.39 is 12.3 Å². The summed E-state index contributed by atoms with van der Waals surface area (Å²) in [6.07, 6.45) is 11.8. The van der Waals surface area contributed by atoms with E-state index in [1.165, 1.54) is 0 Å². The third-order valence-corrected chi connectivity index (χ3v) is 9.16. The van der Waals surface area contributed by atoms with Crippen LogP contribution in [0.25, 0.3) is 0 Å². The number of phenols is 1. The van der Waals surface area contributed by atoms with Crippen LogP contribution >= 0.6 is 0 Å². The van der Waals surface area contributed by atoms with Crippen LogP contribution in [0.15, 0.2) is 64.4 Å². The highest BCUT2D eigenvalue weighted by molar-refractivity contribution is 5.87. The fourth-order valence-electron chi connectivity index (χ4n) is 6.33. The lowest BCUT2D eigenvalue weighted by molar-refractivity contribution is -0.855.